The van der Waals surface area contributed by atoms with E-state index >= 15 is 0 Å². The Bertz CT molecular complexity index is 277. The molecule has 1 spiro atoms. The van der Waals surface area contributed by atoms with Gasteiger partial charge in [-0.25, -0.2) is 0 Å². The van der Waals surface area contributed by atoms with Crippen molar-refractivity contribution in [1.29, 1.82) is 0 Å². The van der Waals surface area contributed by atoms with Crippen molar-refractivity contribution in [3.63, 3.8) is 0 Å². The molecule has 1 amide bonds. The molecule has 106 valence electrons. The van der Waals surface area contributed by atoms with Crippen molar-refractivity contribution in [3.05, 3.63) is 0 Å². The average Bonchev–Trinajstić information content (AvgIpc) is 2.87. The summed E-state index contributed by atoms with van der Waals surface area (Å²) >= 11 is 0. The third-order valence-corrected chi connectivity index (χ3v) is 3.92. The van der Waals surface area contributed by atoms with Crippen LogP contribution >= 0.6 is 12.4 Å². The molecule has 2 aliphatic heterocycles. The van der Waals surface area contributed by atoms with E-state index in [9.17, 15) is 4.79 Å². The number of carbonyl (C=O) groups is 1. The molecule has 5 heteroatoms. The number of nitrogens with zero attached hydrogens (tertiary/aromatic N) is 1. The smallest absolute Gasteiger partial charge is 0.234 e. The van der Waals surface area contributed by atoms with Gasteiger partial charge >= 0.3 is 0 Å². The summed E-state index contributed by atoms with van der Waals surface area (Å²) in [5.74, 6) is 0.713. The maximum atomic E-state index is 11.7. The number of rotatable bonds is 4. The Morgan fingerprint density at radius 1 is 1.44 bits per heavy atom. The van der Waals surface area contributed by atoms with Crippen LogP contribution in [0.15, 0.2) is 0 Å². The van der Waals surface area contributed by atoms with Gasteiger partial charge in [0.05, 0.1) is 6.54 Å². The first kappa shape index (κ1) is 15.7. The second-order valence-corrected chi connectivity index (χ2v) is 6.09. The summed E-state index contributed by atoms with van der Waals surface area (Å²) in [6, 6.07) is 0. The third-order valence-electron chi connectivity index (χ3n) is 3.92. The predicted octanol–water partition coefficient (Wildman–Crippen LogP) is 0.866. The molecule has 0 aromatic rings. The van der Waals surface area contributed by atoms with Gasteiger partial charge in [0, 0.05) is 19.6 Å². The maximum absolute atomic E-state index is 11.7. The molecule has 0 aliphatic carbocycles. The van der Waals surface area contributed by atoms with Crippen LogP contribution in [0.25, 0.3) is 0 Å². The van der Waals surface area contributed by atoms with E-state index < -0.39 is 0 Å². The van der Waals surface area contributed by atoms with Crippen molar-refractivity contribution in [2.24, 2.45) is 11.3 Å². The Balaban J connectivity index is 0.00000162. The lowest BCUT2D eigenvalue weighted by molar-refractivity contribution is -0.122. The minimum atomic E-state index is 0. The van der Waals surface area contributed by atoms with Gasteiger partial charge in [-0.15, -0.1) is 12.4 Å². The fraction of sp³-hybridized carbons (Fsp3) is 0.923. The molecular weight excluding hydrogens is 250 g/mol. The van der Waals surface area contributed by atoms with Crippen molar-refractivity contribution >= 4 is 18.3 Å². The lowest BCUT2D eigenvalue weighted by Crippen LogP contribution is -2.38. The van der Waals surface area contributed by atoms with Crippen LogP contribution in [0.1, 0.15) is 26.7 Å². The summed E-state index contributed by atoms with van der Waals surface area (Å²) < 4.78 is 0. The molecule has 4 nitrogen and oxygen atoms in total. The van der Waals surface area contributed by atoms with Crippen LogP contribution in [0.3, 0.4) is 0 Å². The number of carbonyl (C=O) groups excluding carboxylic acids is 1. The molecular formula is C13H26ClN3O. The number of nitrogens with one attached hydrogen (secondary N) is 2. The number of hydrogen-bond acceptors (Lipinski definition) is 3. The standard InChI is InChI=1S/C13H25N3O.ClH/c1-11(2)7-15-12(17)8-16-6-4-13(10-16)3-5-14-9-13;/h11,14H,3-10H2,1-2H3,(H,15,17);1H. The molecule has 2 heterocycles. The summed E-state index contributed by atoms with van der Waals surface area (Å²) in [4.78, 5) is 14.0. The zero-order chi connectivity index (χ0) is 12.3. The zero-order valence-electron chi connectivity index (χ0n) is 11.5. The molecule has 2 saturated heterocycles. The molecule has 1 atom stereocenters. The van der Waals surface area contributed by atoms with Gasteiger partial charge in [-0.3, -0.25) is 9.69 Å². The Hall–Kier alpha value is -0.320. The molecule has 2 rings (SSSR count). The lowest BCUT2D eigenvalue weighted by Gasteiger charge is -2.22. The van der Waals surface area contributed by atoms with Crippen LogP contribution in [0.5, 0.6) is 0 Å². The van der Waals surface area contributed by atoms with Crippen LogP contribution in [0.2, 0.25) is 0 Å². The monoisotopic (exact) mass is 275 g/mol. The lowest BCUT2D eigenvalue weighted by atomic mass is 9.87. The summed E-state index contributed by atoms with van der Waals surface area (Å²) in [6.07, 6.45) is 2.52. The molecule has 0 radical (unpaired) electrons. The van der Waals surface area contributed by atoms with Gasteiger partial charge < -0.3 is 10.6 Å². The molecule has 2 aliphatic rings. The van der Waals surface area contributed by atoms with E-state index in [1.54, 1.807) is 0 Å². The second-order valence-electron chi connectivity index (χ2n) is 6.09. The molecule has 1 unspecified atom stereocenters. The van der Waals surface area contributed by atoms with Gasteiger partial charge in [0.2, 0.25) is 5.91 Å². The summed E-state index contributed by atoms with van der Waals surface area (Å²) in [5.41, 5.74) is 0.471. The van der Waals surface area contributed by atoms with E-state index in [0.717, 1.165) is 32.7 Å². The Labute approximate surface area is 116 Å². The van der Waals surface area contributed by atoms with Crippen LogP contribution in [-0.4, -0.2) is 50.1 Å². The number of amides is 1. The van der Waals surface area contributed by atoms with E-state index in [1.807, 2.05) is 0 Å². The SMILES string of the molecule is CC(C)CNC(=O)CN1CCC2(CCNC2)C1.Cl. The highest BCUT2D eigenvalue weighted by molar-refractivity contribution is 5.85. The molecule has 0 aromatic heterocycles. The highest BCUT2D eigenvalue weighted by atomic mass is 35.5. The Morgan fingerprint density at radius 2 is 2.22 bits per heavy atom. The largest absolute Gasteiger partial charge is 0.355 e. The van der Waals surface area contributed by atoms with Crippen molar-refractivity contribution in [2.75, 3.05) is 39.3 Å². The first-order valence-electron chi connectivity index (χ1n) is 6.79. The van der Waals surface area contributed by atoms with Crippen LogP contribution in [0, 0.1) is 11.3 Å². The normalized spacial score (nSPS) is 27.7. The van der Waals surface area contributed by atoms with Crippen LogP contribution in [-0.2, 0) is 4.79 Å². The summed E-state index contributed by atoms with van der Waals surface area (Å²) in [7, 11) is 0. The topological polar surface area (TPSA) is 44.4 Å². The molecule has 2 N–H and O–H groups in total. The predicted molar refractivity (Wildman–Crippen MR) is 76.1 cm³/mol. The average molecular weight is 276 g/mol. The third kappa shape index (κ3) is 4.11. The number of halogens is 1. The van der Waals surface area contributed by atoms with Crippen LogP contribution < -0.4 is 10.6 Å². The minimum absolute atomic E-state index is 0. The Morgan fingerprint density at radius 3 is 2.83 bits per heavy atom. The summed E-state index contributed by atoms with van der Waals surface area (Å²) in [6.45, 7) is 10.1. The van der Waals surface area contributed by atoms with Gasteiger partial charge in [-0.2, -0.15) is 0 Å². The van der Waals surface area contributed by atoms with E-state index in [0.29, 0.717) is 17.9 Å². The number of likely N-dealkylation sites (tertiary alicyclic amines) is 1. The van der Waals surface area contributed by atoms with Gasteiger partial charge in [-0.05, 0) is 37.3 Å². The Kier molecular flexibility index (Phi) is 5.89. The van der Waals surface area contributed by atoms with Crippen molar-refractivity contribution in [3.8, 4) is 0 Å². The van der Waals surface area contributed by atoms with Gasteiger partial charge in [0.25, 0.3) is 0 Å². The first-order valence-corrected chi connectivity index (χ1v) is 6.79. The quantitative estimate of drug-likeness (QED) is 0.800. The molecule has 0 bridgehead atoms. The summed E-state index contributed by atoms with van der Waals surface area (Å²) in [5, 5.41) is 6.43. The fourth-order valence-corrected chi connectivity index (χ4v) is 2.88. The van der Waals surface area contributed by atoms with Gasteiger partial charge in [-0.1, -0.05) is 13.8 Å². The van der Waals surface area contributed by atoms with Crippen molar-refractivity contribution < 1.29 is 4.79 Å². The van der Waals surface area contributed by atoms with Crippen molar-refractivity contribution in [1.82, 2.24) is 15.5 Å². The first-order chi connectivity index (χ1) is 8.10. The highest BCUT2D eigenvalue weighted by Crippen LogP contribution is 2.35. The van der Waals surface area contributed by atoms with E-state index in [4.69, 9.17) is 0 Å². The second kappa shape index (κ2) is 6.73. The van der Waals surface area contributed by atoms with Gasteiger partial charge in [0.1, 0.15) is 0 Å². The van der Waals surface area contributed by atoms with Gasteiger partial charge in [0.15, 0.2) is 0 Å². The molecule has 0 saturated carbocycles. The van der Waals surface area contributed by atoms with Crippen LogP contribution in [0.4, 0.5) is 0 Å². The van der Waals surface area contributed by atoms with E-state index in [2.05, 4.69) is 29.4 Å². The maximum Gasteiger partial charge on any atom is 0.234 e. The molecule has 18 heavy (non-hydrogen) atoms. The van der Waals surface area contributed by atoms with E-state index in [1.165, 1.54) is 12.8 Å². The van der Waals surface area contributed by atoms with Crippen molar-refractivity contribution in [2.45, 2.75) is 26.7 Å². The molecule has 2 fully saturated rings. The zero-order valence-corrected chi connectivity index (χ0v) is 12.3. The minimum Gasteiger partial charge on any atom is -0.355 e. The molecule has 0 aromatic carbocycles. The fourth-order valence-electron chi connectivity index (χ4n) is 2.88. The number of hydrogen-bond donors (Lipinski definition) is 2. The highest BCUT2D eigenvalue weighted by Gasteiger charge is 2.40. The van der Waals surface area contributed by atoms with E-state index in [-0.39, 0.29) is 18.3 Å².